The first-order chi connectivity index (χ1) is 10.7. The van der Waals surface area contributed by atoms with Crippen LogP contribution in [0.25, 0.3) is 21.8 Å². The number of alkyl halides is 1. The van der Waals surface area contributed by atoms with E-state index >= 15 is 0 Å². The highest BCUT2D eigenvalue weighted by Gasteiger charge is 2.14. The molecule has 0 radical (unpaired) electrons. The van der Waals surface area contributed by atoms with Crippen LogP contribution in [-0.2, 0) is 6.42 Å². The van der Waals surface area contributed by atoms with Gasteiger partial charge in [-0.3, -0.25) is 0 Å². The van der Waals surface area contributed by atoms with E-state index in [0.29, 0.717) is 5.88 Å². The molecule has 0 saturated carbocycles. The van der Waals surface area contributed by atoms with Crippen LogP contribution in [0, 0.1) is 13.8 Å². The van der Waals surface area contributed by atoms with E-state index < -0.39 is 0 Å². The predicted octanol–water partition coefficient (Wildman–Crippen LogP) is 5.88. The summed E-state index contributed by atoms with van der Waals surface area (Å²) in [7, 11) is 0. The van der Waals surface area contributed by atoms with E-state index in [0.717, 1.165) is 17.1 Å². The molecule has 0 aliphatic heterocycles. The minimum atomic E-state index is 0.619. The van der Waals surface area contributed by atoms with Gasteiger partial charge in [0.05, 0.1) is 5.69 Å². The molecule has 1 heterocycles. The van der Waals surface area contributed by atoms with Gasteiger partial charge in [0, 0.05) is 21.9 Å². The highest BCUT2D eigenvalue weighted by Crippen LogP contribution is 2.34. The first kappa shape index (κ1) is 15.3. The number of benzene rings is 2. The van der Waals surface area contributed by atoms with Gasteiger partial charge in [-0.05, 0) is 20.3 Å². The number of hydrogen-bond acceptors (Lipinski definition) is 2. The highest BCUT2D eigenvalue weighted by molar-refractivity contribution is 7.15. The second kappa shape index (κ2) is 6.64. The van der Waals surface area contributed by atoms with Crippen molar-refractivity contribution >= 4 is 22.9 Å². The zero-order valence-electron chi connectivity index (χ0n) is 12.8. The molecule has 112 valence electrons. The number of halogens is 1. The molecule has 0 spiro atoms. The Morgan fingerprint density at radius 1 is 0.864 bits per heavy atom. The van der Waals surface area contributed by atoms with Crippen molar-refractivity contribution in [3.63, 3.8) is 0 Å². The second-order valence-electron chi connectivity index (χ2n) is 5.46. The zero-order valence-corrected chi connectivity index (χ0v) is 14.3. The van der Waals surface area contributed by atoms with Crippen molar-refractivity contribution in [3.8, 4) is 21.8 Å². The van der Waals surface area contributed by atoms with Gasteiger partial charge < -0.3 is 0 Å². The molecule has 3 aromatic rings. The minimum absolute atomic E-state index is 0.619. The van der Waals surface area contributed by atoms with Crippen molar-refractivity contribution in [2.45, 2.75) is 20.3 Å². The Bertz CT molecular complexity index is 757. The monoisotopic (exact) mass is 327 g/mol. The second-order valence-corrected chi connectivity index (χ2v) is 6.92. The molecule has 0 atom stereocenters. The Kier molecular flexibility index (Phi) is 4.60. The van der Waals surface area contributed by atoms with E-state index in [1.54, 1.807) is 11.3 Å². The average molecular weight is 328 g/mol. The van der Waals surface area contributed by atoms with Crippen LogP contribution in [0.5, 0.6) is 0 Å². The van der Waals surface area contributed by atoms with Gasteiger partial charge in [-0.2, -0.15) is 0 Å². The molecule has 3 rings (SSSR count). The maximum Gasteiger partial charge on any atom is 0.124 e. The van der Waals surface area contributed by atoms with Gasteiger partial charge in [0.1, 0.15) is 5.01 Å². The topological polar surface area (TPSA) is 12.9 Å². The lowest BCUT2D eigenvalue weighted by Gasteiger charge is -2.01. The maximum atomic E-state index is 5.98. The molecular formula is C19H18ClNS. The van der Waals surface area contributed by atoms with E-state index in [9.17, 15) is 0 Å². The Balaban J connectivity index is 2.05. The van der Waals surface area contributed by atoms with E-state index in [4.69, 9.17) is 16.6 Å². The molecule has 0 unspecified atom stereocenters. The molecule has 1 nitrogen and oxygen atoms in total. The summed E-state index contributed by atoms with van der Waals surface area (Å²) in [5, 5.41) is 1.07. The number of aromatic nitrogens is 1. The minimum Gasteiger partial charge on any atom is -0.236 e. The normalized spacial score (nSPS) is 10.9. The first-order valence-electron chi connectivity index (χ1n) is 7.37. The molecule has 0 amide bonds. The van der Waals surface area contributed by atoms with E-state index in [2.05, 4.69) is 62.4 Å². The van der Waals surface area contributed by atoms with Crippen LogP contribution in [-0.4, -0.2) is 10.9 Å². The van der Waals surface area contributed by atoms with Gasteiger partial charge in [0.25, 0.3) is 0 Å². The fourth-order valence-electron chi connectivity index (χ4n) is 2.36. The standard InChI is InChI=1S/C19H18ClNS/c1-13-3-7-15(8-4-13)18-17(11-12-20)22-19(21-18)16-9-5-14(2)6-10-16/h3-10H,11-12H2,1-2H3. The lowest BCUT2D eigenvalue weighted by atomic mass is 10.1. The van der Waals surface area contributed by atoms with Gasteiger partial charge in [0.2, 0.25) is 0 Å². The van der Waals surface area contributed by atoms with Gasteiger partial charge in [0.15, 0.2) is 0 Å². The van der Waals surface area contributed by atoms with Gasteiger partial charge in [-0.25, -0.2) is 4.98 Å². The van der Waals surface area contributed by atoms with Crippen LogP contribution in [0.2, 0.25) is 0 Å². The maximum absolute atomic E-state index is 5.98. The Hall–Kier alpha value is -1.64. The summed E-state index contributed by atoms with van der Waals surface area (Å²) < 4.78 is 0. The van der Waals surface area contributed by atoms with E-state index in [1.807, 2.05) is 0 Å². The summed E-state index contributed by atoms with van der Waals surface area (Å²) in [6.07, 6.45) is 0.855. The average Bonchev–Trinajstić information content (AvgIpc) is 2.93. The lowest BCUT2D eigenvalue weighted by Crippen LogP contribution is -1.87. The van der Waals surface area contributed by atoms with E-state index in [1.165, 1.54) is 27.1 Å². The Morgan fingerprint density at radius 3 is 1.95 bits per heavy atom. The summed E-state index contributed by atoms with van der Waals surface area (Å²) >= 11 is 7.72. The van der Waals surface area contributed by atoms with Crippen molar-refractivity contribution in [2.24, 2.45) is 0 Å². The number of aryl methyl sites for hydroxylation is 3. The largest absolute Gasteiger partial charge is 0.236 e. The van der Waals surface area contributed by atoms with Gasteiger partial charge in [-0.1, -0.05) is 59.7 Å². The van der Waals surface area contributed by atoms with Crippen LogP contribution in [0.3, 0.4) is 0 Å². The summed E-state index contributed by atoms with van der Waals surface area (Å²) in [5.74, 6) is 0.619. The van der Waals surface area contributed by atoms with Crippen LogP contribution >= 0.6 is 22.9 Å². The smallest absolute Gasteiger partial charge is 0.124 e. The number of rotatable bonds is 4. The molecule has 0 aliphatic rings. The fourth-order valence-corrected chi connectivity index (χ4v) is 3.75. The number of hydrogen-bond donors (Lipinski definition) is 0. The molecule has 0 aliphatic carbocycles. The molecule has 0 saturated heterocycles. The molecule has 0 fully saturated rings. The number of thiazole rings is 1. The van der Waals surface area contributed by atoms with E-state index in [-0.39, 0.29) is 0 Å². The third kappa shape index (κ3) is 3.23. The Morgan fingerprint density at radius 2 is 1.41 bits per heavy atom. The van der Waals surface area contributed by atoms with Crippen molar-refractivity contribution in [1.29, 1.82) is 0 Å². The number of nitrogens with zero attached hydrogens (tertiary/aromatic N) is 1. The summed E-state index contributed by atoms with van der Waals surface area (Å²) in [4.78, 5) is 6.15. The van der Waals surface area contributed by atoms with Crippen molar-refractivity contribution in [2.75, 3.05) is 5.88 Å². The van der Waals surface area contributed by atoms with Crippen LogP contribution in [0.1, 0.15) is 16.0 Å². The molecule has 2 aromatic carbocycles. The summed E-state index contributed by atoms with van der Waals surface area (Å²) in [6.45, 7) is 4.20. The summed E-state index contributed by atoms with van der Waals surface area (Å²) in [5.41, 5.74) is 5.93. The zero-order chi connectivity index (χ0) is 15.5. The van der Waals surface area contributed by atoms with Crippen molar-refractivity contribution in [1.82, 2.24) is 4.98 Å². The third-order valence-electron chi connectivity index (χ3n) is 3.64. The first-order valence-corrected chi connectivity index (χ1v) is 8.72. The SMILES string of the molecule is Cc1ccc(-c2nc(-c3ccc(C)cc3)c(CCCl)s2)cc1. The third-order valence-corrected chi connectivity index (χ3v) is 5.00. The Labute approximate surface area is 140 Å². The van der Waals surface area contributed by atoms with Crippen molar-refractivity contribution in [3.05, 3.63) is 64.5 Å². The lowest BCUT2D eigenvalue weighted by molar-refractivity contribution is 1.18. The summed E-state index contributed by atoms with van der Waals surface area (Å²) in [6, 6.07) is 17.1. The van der Waals surface area contributed by atoms with Crippen LogP contribution in [0.4, 0.5) is 0 Å². The molecule has 22 heavy (non-hydrogen) atoms. The fraction of sp³-hybridized carbons (Fsp3) is 0.211. The van der Waals surface area contributed by atoms with Gasteiger partial charge >= 0.3 is 0 Å². The predicted molar refractivity (Wildman–Crippen MR) is 96.9 cm³/mol. The van der Waals surface area contributed by atoms with Crippen LogP contribution < -0.4 is 0 Å². The molecule has 3 heteroatoms. The van der Waals surface area contributed by atoms with Gasteiger partial charge in [-0.15, -0.1) is 22.9 Å². The quantitative estimate of drug-likeness (QED) is 0.546. The highest BCUT2D eigenvalue weighted by atomic mass is 35.5. The van der Waals surface area contributed by atoms with Crippen molar-refractivity contribution < 1.29 is 0 Å². The molecule has 0 N–H and O–H groups in total. The molecule has 1 aromatic heterocycles. The molecular weight excluding hydrogens is 310 g/mol. The molecule has 0 bridgehead atoms. The van der Waals surface area contributed by atoms with Crippen LogP contribution in [0.15, 0.2) is 48.5 Å².